The Balaban J connectivity index is 1.75. The minimum Gasteiger partial charge on any atom is -0.434 e. The third kappa shape index (κ3) is 3.18. The van der Waals surface area contributed by atoms with Crippen molar-refractivity contribution < 1.29 is 34.1 Å². The molecule has 0 radical (unpaired) electrons. The molecule has 0 aliphatic heterocycles. The molecular formula is C25H33ClO7. The fourth-order valence-electron chi connectivity index (χ4n) is 7.37. The fourth-order valence-corrected chi connectivity index (χ4v) is 7.89. The fraction of sp³-hybridized carbons (Fsp3) is 0.720. The molecule has 3 saturated carbocycles. The van der Waals surface area contributed by atoms with E-state index in [1.165, 1.54) is 6.08 Å². The Morgan fingerprint density at radius 1 is 1.24 bits per heavy atom. The molecule has 0 saturated heterocycles. The van der Waals surface area contributed by atoms with Crippen LogP contribution in [-0.4, -0.2) is 57.7 Å². The molecule has 8 heteroatoms. The van der Waals surface area contributed by atoms with Crippen molar-refractivity contribution in [3.8, 4) is 0 Å². The maximum Gasteiger partial charge on any atom is 0.509 e. The number of carbonyl (C=O) groups excluding carboxylic acids is 3. The van der Waals surface area contributed by atoms with Gasteiger partial charge in [0.15, 0.2) is 11.4 Å². The molecule has 0 spiro atoms. The lowest BCUT2D eigenvalue weighted by Gasteiger charge is -2.63. The first kappa shape index (κ1) is 24.4. The highest BCUT2D eigenvalue weighted by molar-refractivity contribution is 6.26. The first-order valence-electron chi connectivity index (χ1n) is 11.8. The molecule has 2 N–H and O–H groups in total. The van der Waals surface area contributed by atoms with Crippen molar-refractivity contribution in [3.63, 3.8) is 0 Å². The van der Waals surface area contributed by atoms with Crippen molar-refractivity contribution in [1.82, 2.24) is 0 Å². The number of ether oxygens (including phenoxy) is 2. The van der Waals surface area contributed by atoms with Crippen LogP contribution in [0, 0.1) is 22.7 Å². The van der Waals surface area contributed by atoms with E-state index in [1.807, 2.05) is 26.8 Å². The van der Waals surface area contributed by atoms with Gasteiger partial charge in [-0.15, -0.1) is 11.6 Å². The summed E-state index contributed by atoms with van der Waals surface area (Å²) in [6.07, 6.45) is 5.81. The zero-order valence-electron chi connectivity index (χ0n) is 19.4. The van der Waals surface area contributed by atoms with Crippen LogP contribution < -0.4 is 0 Å². The van der Waals surface area contributed by atoms with Crippen LogP contribution in [0.15, 0.2) is 23.8 Å². The Morgan fingerprint density at radius 3 is 2.64 bits per heavy atom. The summed E-state index contributed by atoms with van der Waals surface area (Å²) in [6.45, 7) is 5.07. The molecule has 0 aromatic carbocycles. The van der Waals surface area contributed by atoms with Crippen LogP contribution in [0.25, 0.3) is 0 Å². The third-order valence-electron chi connectivity index (χ3n) is 9.04. The SMILES string of the molecule is CCCOC(=O)O[C@]1(C(=O)CO)CC[C@H]2[C@@H]3CCC4=CC(=O)C=C[C@]4(C)[C@@]3(Cl)C(O)C[C@@]21C. The van der Waals surface area contributed by atoms with Gasteiger partial charge in [-0.2, -0.15) is 0 Å². The molecule has 0 bridgehead atoms. The maximum absolute atomic E-state index is 13.1. The standard InChI is InChI=1S/C25H33ClO7/c1-4-11-32-21(31)33-24(20(30)14-27)10-8-17-18-6-5-15-12-16(28)7-9-22(15,2)25(18,26)19(29)13-23(17,24)3/h7,9,12,17-19,27,29H,4-6,8,10-11,13-14H2,1-3H3/t17-,18-,19?,22-,23-,24-,25-/m0/s1. The molecule has 7 nitrogen and oxygen atoms in total. The molecule has 4 rings (SSSR count). The van der Waals surface area contributed by atoms with E-state index in [-0.39, 0.29) is 37.1 Å². The topological polar surface area (TPSA) is 110 Å². The van der Waals surface area contributed by atoms with Crippen molar-refractivity contribution in [2.75, 3.05) is 13.2 Å². The van der Waals surface area contributed by atoms with Gasteiger partial charge in [0.25, 0.3) is 0 Å². The second-order valence-electron chi connectivity index (χ2n) is 10.4. The number of allylic oxidation sites excluding steroid dienone is 4. The lowest BCUT2D eigenvalue weighted by molar-refractivity contribution is -0.179. The van der Waals surface area contributed by atoms with Gasteiger partial charge < -0.3 is 19.7 Å². The predicted octanol–water partition coefficient (Wildman–Crippen LogP) is 3.49. The summed E-state index contributed by atoms with van der Waals surface area (Å²) >= 11 is 7.38. The van der Waals surface area contributed by atoms with Crippen molar-refractivity contribution in [3.05, 3.63) is 23.8 Å². The third-order valence-corrected chi connectivity index (χ3v) is 9.96. The van der Waals surface area contributed by atoms with E-state index in [1.54, 1.807) is 6.08 Å². The molecule has 3 fully saturated rings. The minimum absolute atomic E-state index is 0.0799. The molecule has 33 heavy (non-hydrogen) atoms. The number of rotatable bonds is 5. The second-order valence-corrected chi connectivity index (χ2v) is 11.0. The van der Waals surface area contributed by atoms with E-state index in [2.05, 4.69) is 0 Å². The number of hydrogen-bond donors (Lipinski definition) is 2. The maximum atomic E-state index is 13.1. The number of alkyl halides is 1. The van der Waals surface area contributed by atoms with Gasteiger partial charge in [-0.1, -0.05) is 32.4 Å². The van der Waals surface area contributed by atoms with Gasteiger partial charge in [-0.3, -0.25) is 9.59 Å². The first-order valence-corrected chi connectivity index (χ1v) is 12.2. The first-order chi connectivity index (χ1) is 15.5. The summed E-state index contributed by atoms with van der Waals surface area (Å²) in [5.41, 5.74) is -2.31. The Morgan fingerprint density at radius 2 is 1.97 bits per heavy atom. The van der Waals surface area contributed by atoms with Crippen LogP contribution in [0.3, 0.4) is 0 Å². The van der Waals surface area contributed by atoms with Crippen molar-refractivity contribution >= 4 is 29.3 Å². The van der Waals surface area contributed by atoms with Gasteiger partial charge in [0, 0.05) is 10.8 Å². The summed E-state index contributed by atoms with van der Waals surface area (Å²) in [6, 6.07) is 0. The molecular weight excluding hydrogens is 448 g/mol. The van der Waals surface area contributed by atoms with E-state index in [9.17, 15) is 24.6 Å². The van der Waals surface area contributed by atoms with Crippen molar-refractivity contribution in [2.24, 2.45) is 22.7 Å². The monoisotopic (exact) mass is 480 g/mol. The van der Waals surface area contributed by atoms with E-state index < -0.39 is 46.0 Å². The Hall–Kier alpha value is -1.70. The summed E-state index contributed by atoms with van der Waals surface area (Å²) in [7, 11) is 0. The lowest BCUT2D eigenvalue weighted by Crippen LogP contribution is -2.69. The van der Waals surface area contributed by atoms with E-state index >= 15 is 0 Å². The number of aliphatic hydroxyl groups excluding tert-OH is 2. The number of fused-ring (bicyclic) bond motifs is 5. The Labute approximate surface area is 199 Å². The highest BCUT2D eigenvalue weighted by Gasteiger charge is 2.74. The lowest BCUT2D eigenvalue weighted by atomic mass is 9.45. The van der Waals surface area contributed by atoms with Gasteiger partial charge in [-0.05, 0) is 62.5 Å². The van der Waals surface area contributed by atoms with Gasteiger partial charge >= 0.3 is 6.16 Å². The van der Waals surface area contributed by atoms with Crippen molar-refractivity contribution in [2.45, 2.75) is 75.9 Å². The summed E-state index contributed by atoms with van der Waals surface area (Å²) in [5, 5.41) is 21.4. The molecule has 4 aliphatic rings. The molecule has 0 aromatic rings. The van der Waals surface area contributed by atoms with Gasteiger partial charge in [0.2, 0.25) is 5.78 Å². The van der Waals surface area contributed by atoms with Crippen molar-refractivity contribution in [1.29, 1.82) is 0 Å². The van der Waals surface area contributed by atoms with Crippen LogP contribution in [0.1, 0.15) is 59.3 Å². The minimum atomic E-state index is -1.59. The van der Waals surface area contributed by atoms with Gasteiger partial charge in [0.05, 0.1) is 17.6 Å². The molecule has 1 unspecified atom stereocenters. The van der Waals surface area contributed by atoms with E-state index in [0.29, 0.717) is 25.7 Å². The molecule has 0 heterocycles. The number of Topliss-reactive ketones (excluding diaryl/α,β-unsaturated/α-hetero) is 1. The molecule has 0 amide bonds. The van der Waals surface area contributed by atoms with Gasteiger partial charge in [0.1, 0.15) is 6.61 Å². The zero-order valence-corrected chi connectivity index (χ0v) is 20.2. The average Bonchev–Trinajstić information content (AvgIpc) is 3.05. The summed E-state index contributed by atoms with van der Waals surface area (Å²) in [4.78, 5) is 36.6. The average molecular weight is 481 g/mol. The molecule has 7 atom stereocenters. The van der Waals surface area contributed by atoms with Crippen LogP contribution in [-0.2, 0) is 19.1 Å². The smallest absolute Gasteiger partial charge is 0.434 e. The number of carbonyl (C=O) groups is 3. The Kier molecular flexibility index (Phi) is 6.07. The van der Waals surface area contributed by atoms with Crippen LogP contribution in [0.4, 0.5) is 4.79 Å². The molecule has 0 aromatic heterocycles. The largest absolute Gasteiger partial charge is 0.509 e. The van der Waals surface area contributed by atoms with E-state index in [4.69, 9.17) is 21.1 Å². The number of aliphatic hydroxyl groups is 2. The Bertz CT molecular complexity index is 928. The quantitative estimate of drug-likeness (QED) is 0.457. The van der Waals surface area contributed by atoms with E-state index in [0.717, 1.165) is 5.57 Å². The molecule has 182 valence electrons. The zero-order chi connectivity index (χ0) is 24.2. The number of halogens is 1. The highest BCUT2D eigenvalue weighted by Crippen LogP contribution is 2.71. The number of hydrogen-bond acceptors (Lipinski definition) is 7. The molecule has 4 aliphatic carbocycles. The summed E-state index contributed by atoms with van der Waals surface area (Å²) in [5.74, 6) is -0.974. The van der Waals surface area contributed by atoms with Crippen LogP contribution in [0.5, 0.6) is 0 Å². The highest BCUT2D eigenvalue weighted by atomic mass is 35.5. The van der Waals surface area contributed by atoms with Gasteiger partial charge in [-0.25, -0.2) is 4.79 Å². The number of ketones is 2. The normalized spacial score (nSPS) is 43.8. The van der Waals surface area contributed by atoms with Crippen LogP contribution >= 0.6 is 11.6 Å². The van der Waals surface area contributed by atoms with Crippen LogP contribution in [0.2, 0.25) is 0 Å². The predicted molar refractivity (Wildman–Crippen MR) is 121 cm³/mol. The summed E-state index contributed by atoms with van der Waals surface area (Å²) < 4.78 is 10.9. The second kappa shape index (κ2) is 8.21.